The van der Waals surface area contributed by atoms with Crippen molar-refractivity contribution in [2.24, 2.45) is 22.6 Å². The largest absolute Gasteiger partial charge is 0.508 e. The Morgan fingerprint density at radius 3 is 2.71 bits per heavy atom. The molecule has 4 aromatic rings. The number of hydrogen-bond donors (Lipinski definition) is 5. The van der Waals surface area contributed by atoms with E-state index >= 15 is 0 Å². The Kier molecular flexibility index (Phi) is 14.6. The highest BCUT2D eigenvalue weighted by atomic mass is 16.5. The molecule has 4 aromatic carbocycles. The summed E-state index contributed by atoms with van der Waals surface area (Å²) in [6.07, 6.45) is 17.3. The lowest BCUT2D eigenvalue weighted by Crippen LogP contribution is -2.25. The van der Waals surface area contributed by atoms with Gasteiger partial charge in [0.25, 0.3) is 0 Å². The Balaban J connectivity index is 1.15. The molecule has 0 radical (unpaired) electrons. The topological polar surface area (TPSA) is 156 Å². The first kappa shape index (κ1) is 43.9. The van der Waals surface area contributed by atoms with Crippen LogP contribution in [-0.4, -0.2) is 53.9 Å². The summed E-state index contributed by atoms with van der Waals surface area (Å²) in [4.78, 5) is 17.8. The van der Waals surface area contributed by atoms with Crippen molar-refractivity contribution in [3.8, 4) is 29.3 Å². The van der Waals surface area contributed by atoms with E-state index in [-0.39, 0.29) is 54.5 Å². The van der Waals surface area contributed by atoms with Gasteiger partial charge in [0.05, 0.1) is 7.11 Å². The van der Waals surface area contributed by atoms with Crippen molar-refractivity contribution in [3.05, 3.63) is 124 Å². The first-order chi connectivity index (χ1) is 30.1. The van der Waals surface area contributed by atoms with E-state index in [9.17, 15) is 20.1 Å². The number of aliphatic imine (C=N–C) groups is 1. The zero-order valence-electron chi connectivity index (χ0n) is 36.1. The number of benzene rings is 4. The van der Waals surface area contributed by atoms with E-state index in [1.807, 2.05) is 48.5 Å². The highest BCUT2D eigenvalue weighted by Gasteiger charge is 2.29. The average Bonchev–Trinajstić information content (AvgIpc) is 3.27. The smallest absolute Gasteiger partial charge is 0.192 e. The molecule has 10 nitrogen and oxygen atoms in total. The minimum absolute atomic E-state index is 0.0417. The number of methoxy groups -OCH3 is 1. The molecule has 8 rings (SSSR count). The molecule has 0 spiro atoms. The number of carbonyl (C=O) groups is 1. The molecule has 62 heavy (non-hydrogen) atoms. The molecule has 2 heterocycles. The van der Waals surface area contributed by atoms with Gasteiger partial charge >= 0.3 is 0 Å². The van der Waals surface area contributed by atoms with Crippen molar-refractivity contribution in [2.75, 3.05) is 26.1 Å². The number of hydrogen-bond acceptors (Lipinski definition) is 8. The molecule has 0 unspecified atom stereocenters. The fraction of sp³-hybridized carbons (Fsp3) is 0.385. The Bertz CT molecular complexity index is 2460. The van der Waals surface area contributed by atoms with Gasteiger partial charge in [-0.3, -0.25) is 9.79 Å². The predicted octanol–water partition coefficient (Wildman–Crippen LogP) is 9.60. The number of ketones is 1. The van der Waals surface area contributed by atoms with Gasteiger partial charge < -0.3 is 40.6 Å². The lowest BCUT2D eigenvalue weighted by molar-refractivity contribution is -0.121. The number of nitrogens with two attached hydrogens (primary N) is 1. The van der Waals surface area contributed by atoms with Crippen LogP contribution in [-0.2, 0) is 35.4 Å². The summed E-state index contributed by atoms with van der Waals surface area (Å²) in [6.45, 7) is 2.48. The fourth-order valence-electron chi connectivity index (χ4n) is 9.03. The summed E-state index contributed by atoms with van der Waals surface area (Å²) in [5.41, 5.74) is 13.6. The number of allylic oxidation sites excluding steroid dienone is 4. The van der Waals surface area contributed by atoms with Gasteiger partial charge in [-0.1, -0.05) is 67.8 Å². The van der Waals surface area contributed by atoms with Gasteiger partial charge in [0.15, 0.2) is 17.5 Å². The van der Waals surface area contributed by atoms with Crippen LogP contribution in [0.1, 0.15) is 97.6 Å². The molecule has 0 amide bonds. The number of nitrogens with one attached hydrogen (secondary N) is 1. The number of rotatable bonds is 12. The van der Waals surface area contributed by atoms with Crippen molar-refractivity contribution < 1.29 is 34.3 Å². The van der Waals surface area contributed by atoms with Crippen molar-refractivity contribution in [3.63, 3.8) is 0 Å². The van der Waals surface area contributed by atoms with Gasteiger partial charge in [-0.05, 0) is 137 Å². The number of phenolic OH excluding ortho intramolecular Hbond substituents is 1. The number of ether oxygens (including phenoxy) is 3. The molecule has 6 bridgehead atoms. The number of carbonyl (C=O) groups excluding carboxylic acids is 1. The van der Waals surface area contributed by atoms with Gasteiger partial charge in [-0.2, -0.15) is 0 Å². The molecular formula is C52H59N3O7. The Morgan fingerprint density at radius 1 is 1.02 bits per heavy atom. The number of anilines is 1. The van der Waals surface area contributed by atoms with Crippen molar-refractivity contribution in [1.82, 2.24) is 0 Å². The molecule has 6 N–H and O–H groups in total. The average molecular weight is 838 g/mol. The van der Waals surface area contributed by atoms with Crippen LogP contribution in [0.15, 0.2) is 95.2 Å². The van der Waals surface area contributed by atoms with E-state index in [0.29, 0.717) is 56.2 Å². The highest BCUT2D eigenvalue weighted by molar-refractivity contribution is 6.00. The Morgan fingerprint density at radius 2 is 1.89 bits per heavy atom. The molecule has 324 valence electrons. The monoisotopic (exact) mass is 837 g/mol. The Hall–Kier alpha value is -6.18. The number of unbranched alkanes of at least 4 members (excludes halogenated alkanes) is 1. The van der Waals surface area contributed by atoms with Gasteiger partial charge in [-0.25, -0.2) is 0 Å². The van der Waals surface area contributed by atoms with Crippen molar-refractivity contribution >= 4 is 34.3 Å². The minimum atomic E-state index is -0.538. The third-order valence-corrected chi connectivity index (χ3v) is 12.4. The predicted molar refractivity (Wildman–Crippen MR) is 247 cm³/mol. The lowest BCUT2D eigenvalue weighted by atomic mass is 9.77. The fourth-order valence-corrected chi connectivity index (χ4v) is 9.03. The van der Waals surface area contributed by atoms with Crippen LogP contribution in [0.4, 0.5) is 5.69 Å². The summed E-state index contributed by atoms with van der Waals surface area (Å²) >= 11 is 0. The molecule has 0 saturated heterocycles. The maximum absolute atomic E-state index is 13.8. The number of Topliss-reactive ketones (excluding diaryl/α,β-unsaturated/α-hetero) is 1. The summed E-state index contributed by atoms with van der Waals surface area (Å²) in [7, 11) is 3.27. The lowest BCUT2D eigenvalue weighted by Gasteiger charge is -2.30. The van der Waals surface area contributed by atoms with Crippen LogP contribution in [0.3, 0.4) is 0 Å². The van der Waals surface area contributed by atoms with E-state index in [1.54, 1.807) is 14.2 Å². The number of fused-ring (bicyclic) bond motifs is 9. The number of guanidine groups is 1. The van der Waals surface area contributed by atoms with Crippen LogP contribution in [0, 0.1) is 23.9 Å². The van der Waals surface area contributed by atoms with Gasteiger partial charge in [-0.15, -0.1) is 0 Å². The van der Waals surface area contributed by atoms with E-state index < -0.39 is 6.10 Å². The number of nitrogens with zero attached hydrogens (tertiary/aromatic N) is 1. The van der Waals surface area contributed by atoms with Crippen molar-refractivity contribution in [2.45, 2.75) is 96.2 Å². The molecule has 0 aromatic heterocycles. The number of aromatic hydroxyl groups is 1. The summed E-state index contributed by atoms with van der Waals surface area (Å²) in [5.74, 6) is 5.32. The zero-order chi connectivity index (χ0) is 43.6. The summed E-state index contributed by atoms with van der Waals surface area (Å²) < 4.78 is 18.4. The van der Waals surface area contributed by atoms with Crippen LogP contribution in [0.25, 0.3) is 16.8 Å². The van der Waals surface area contributed by atoms with Crippen LogP contribution < -0.4 is 20.5 Å². The molecule has 10 heteroatoms. The van der Waals surface area contributed by atoms with Gasteiger partial charge in [0, 0.05) is 50.1 Å². The van der Waals surface area contributed by atoms with Crippen LogP contribution in [0.2, 0.25) is 0 Å². The number of aliphatic hydroxyl groups is 2. The maximum atomic E-state index is 13.8. The zero-order valence-corrected chi connectivity index (χ0v) is 36.1. The summed E-state index contributed by atoms with van der Waals surface area (Å²) in [6, 6.07) is 19.9. The van der Waals surface area contributed by atoms with E-state index in [2.05, 4.69) is 65.7 Å². The van der Waals surface area contributed by atoms with Gasteiger partial charge in [0.2, 0.25) is 0 Å². The SMILES string of the molecule is CN=C(N)Nc1cccc(CCCC[C@H]2C=C(CCCO)C(O)=C[C@H]2C[C@H]2CC(=O)CCc3ccc(OC)c(c3)OCc3ccc4c(c(O)cc5c4c3C=C[C@@H]5C)CC#CO2)c1. The first-order valence-electron chi connectivity index (χ1n) is 21.9. The van der Waals surface area contributed by atoms with Gasteiger partial charge in [0.1, 0.15) is 36.1 Å². The quantitative estimate of drug-likeness (QED) is 0.0406. The van der Waals surface area contributed by atoms with Crippen molar-refractivity contribution in [1.29, 1.82) is 0 Å². The highest BCUT2D eigenvalue weighted by Crippen LogP contribution is 2.42. The third kappa shape index (κ3) is 10.6. The first-order valence-corrected chi connectivity index (χ1v) is 21.9. The van der Waals surface area contributed by atoms with Crippen LogP contribution >= 0.6 is 0 Å². The third-order valence-electron chi connectivity index (χ3n) is 12.4. The normalized spacial score (nSPS) is 20.2. The number of aryl methyl sites for hydroxylation is 2. The second kappa shape index (κ2) is 20.6. The van der Waals surface area contributed by atoms with E-state index in [4.69, 9.17) is 19.9 Å². The van der Waals surface area contributed by atoms with Crippen LogP contribution in [0.5, 0.6) is 17.2 Å². The minimum Gasteiger partial charge on any atom is -0.508 e. The molecular weight excluding hydrogens is 779 g/mol. The Labute approximate surface area is 365 Å². The molecule has 0 fully saturated rings. The standard InChI is InChI=1S/C52H59N3O7/c1-33-15-20-43-38-18-21-45-44(48(59)31-46(33)51(43)45)14-8-24-61-42(30-41(57)19-16-35-17-22-49(60-3)50(26-35)62-32-38)28-39-29-47(58)37(12-7-23-56)27-36(39)11-5-4-9-34-10-6-13-40(25-34)55-52(53)54-2/h6,10,13,15,17-18,20-22,25-27,29,31,33,36,39,42,56,58-59H,4-5,7,9,11-12,14,16,19,23,28,30,32H2,1-3H3,(H3,53,54,55)/t33-,36-,39+,42-/m0/s1. The second-order valence-electron chi connectivity index (χ2n) is 16.7. The maximum Gasteiger partial charge on any atom is 0.192 e. The molecule has 0 saturated carbocycles. The summed E-state index contributed by atoms with van der Waals surface area (Å²) in [5, 5.41) is 37.3. The second-order valence-corrected chi connectivity index (χ2v) is 16.7. The molecule has 2 aliphatic heterocycles. The van der Waals surface area contributed by atoms with E-state index in [1.165, 1.54) is 5.56 Å². The molecule has 4 aliphatic rings. The van der Waals surface area contributed by atoms with E-state index in [0.717, 1.165) is 75.5 Å². The molecule has 2 aliphatic carbocycles. The number of phenols is 1. The number of aliphatic hydroxyl groups excluding tert-OH is 2. The molecule has 4 atom stereocenters.